The van der Waals surface area contributed by atoms with Crippen LogP contribution in [0.1, 0.15) is 51.8 Å². The number of benzene rings is 1. The number of amides is 1. The first-order chi connectivity index (χ1) is 13.8. The molecule has 3 rings (SSSR count). The molecule has 0 unspecified atom stereocenters. The van der Waals surface area contributed by atoms with Gasteiger partial charge in [-0.05, 0) is 44.9 Å². The number of nitrogens with zero attached hydrogens (tertiary/aromatic N) is 4. The smallest absolute Gasteiger partial charge is 0.242 e. The van der Waals surface area contributed by atoms with Crippen molar-refractivity contribution in [1.29, 1.82) is 0 Å². The van der Waals surface area contributed by atoms with Gasteiger partial charge >= 0.3 is 0 Å². The van der Waals surface area contributed by atoms with Crippen LogP contribution in [0.5, 0.6) is 0 Å². The first kappa shape index (κ1) is 21.8. The number of sulfonamides is 1. The van der Waals surface area contributed by atoms with Crippen molar-refractivity contribution in [1.82, 2.24) is 18.8 Å². The normalized spacial score (nSPS) is 15.5. The van der Waals surface area contributed by atoms with Gasteiger partial charge in [0, 0.05) is 46.1 Å². The Balaban J connectivity index is 1.82. The highest BCUT2D eigenvalue weighted by molar-refractivity contribution is 7.89. The Morgan fingerprint density at radius 1 is 1.21 bits per heavy atom. The summed E-state index contributed by atoms with van der Waals surface area (Å²) in [6.07, 6.45) is 5.61. The van der Waals surface area contributed by atoms with E-state index < -0.39 is 10.0 Å². The second kappa shape index (κ2) is 8.83. The first-order valence-corrected chi connectivity index (χ1v) is 11.9. The number of carbonyl (C=O) groups excluding carboxylic acids is 1. The van der Waals surface area contributed by atoms with Crippen molar-refractivity contribution in [2.24, 2.45) is 0 Å². The van der Waals surface area contributed by atoms with Crippen molar-refractivity contribution in [3.8, 4) is 0 Å². The van der Waals surface area contributed by atoms with Gasteiger partial charge in [0.2, 0.25) is 15.9 Å². The average Bonchev–Trinajstić information content (AvgIpc) is 3.33. The molecule has 0 radical (unpaired) electrons. The highest BCUT2D eigenvalue weighted by atomic mass is 32.2. The summed E-state index contributed by atoms with van der Waals surface area (Å²) in [5.74, 6) is 1.02. The number of hydrogen-bond donors (Lipinski definition) is 0. The fraction of sp³-hybridized carbons (Fsp3) is 0.619. The van der Waals surface area contributed by atoms with Crippen molar-refractivity contribution in [3.05, 3.63) is 24.0 Å². The summed E-state index contributed by atoms with van der Waals surface area (Å²) in [6.45, 7) is 5.55. The molecule has 1 aliphatic carbocycles. The van der Waals surface area contributed by atoms with E-state index in [0.29, 0.717) is 24.4 Å². The second-order valence-electron chi connectivity index (χ2n) is 7.83. The van der Waals surface area contributed by atoms with Crippen LogP contribution in [-0.2, 0) is 27.8 Å². The van der Waals surface area contributed by atoms with Gasteiger partial charge in [-0.25, -0.2) is 17.7 Å². The van der Waals surface area contributed by atoms with Crippen LogP contribution < -0.4 is 0 Å². The summed E-state index contributed by atoms with van der Waals surface area (Å²) < 4.78 is 28.1. The molecular weight excluding hydrogens is 388 g/mol. The van der Waals surface area contributed by atoms with E-state index in [9.17, 15) is 13.2 Å². The lowest BCUT2D eigenvalue weighted by Crippen LogP contribution is -2.38. The maximum absolute atomic E-state index is 12.8. The van der Waals surface area contributed by atoms with E-state index in [2.05, 4.69) is 9.55 Å². The first-order valence-electron chi connectivity index (χ1n) is 10.5. The summed E-state index contributed by atoms with van der Waals surface area (Å²) in [4.78, 5) is 19.7. The molecule has 1 aliphatic rings. The van der Waals surface area contributed by atoms with Gasteiger partial charge in [0.15, 0.2) is 0 Å². The monoisotopic (exact) mass is 420 g/mol. The van der Waals surface area contributed by atoms with Gasteiger partial charge in [-0.3, -0.25) is 4.79 Å². The molecule has 7 nitrogen and oxygen atoms in total. The summed E-state index contributed by atoms with van der Waals surface area (Å²) in [5, 5.41) is 0. The number of fused-ring (bicyclic) bond motifs is 1. The maximum atomic E-state index is 12.8. The number of rotatable bonds is 8. The molecular formula is C21H32N4O3S. The van der Waals surface area contributed by atoms with Gasteiger partial charge in [-0.1, -0.05) is 12.8 Å². The standard InChI is InChI=1S/C21H32N4O3S/c1-5-24(16-9-7-8-10-16)21(26)14-13-20-22-18-15-17(29(27,28)23(3)4)11-12-19(18)25(20)6-2/h11-12,15-16H,5-10,13-14H2,1-4H3. The Hall–Kier alpha value is -1.93. The third-order valence-electron chi connectivity index (χ3n) is 5.88. The summed E-state index contributed by atoms with van der Waals surface area (Å²) >= 11 is 0. The molecule has 1 aromatic carbocycles. The van der Waals surface area contributed by atoms with Crippen molar-refractivity contribution >= 4 is 27.0 Å². The third kappa shape index (κ3) is 4.33. The zero-order valence-corrected chi connectivity index (χ0v) is 18.7. The zero-order valence-electron chi connectivity index (χ0n) is 17.9. The van der Waals surface area contributed by atoms with E-state index in [1.54, 1.807) is 12.1 Å². The molecule has 1 heterocycles. The molecule has 0 N–H and O–H groups in total. The highest BCUT2D eigenvalue weighted by Gasteiger charge is 2.25. The molecule has 2 aromatic rings. The number of imidazole rings is 1. The molecule has 0 saturated heterocycles. The van der Waals surface area contributed by atoms with Crippen molar-refractivity contribution in [2.75, 3.05) is 20.6 Å². The Morgan fingerprint density at radius 3 is 2.48 bits per heavy atom. The Kier molecular flexibility index (Phi) is 6.63. The molecule has 160 valence electrons. The fourth-order valence-electron chi connectivity index (χ4n) is 4.29. The SMILES string of the molecule is CCN(C(=O)CCc1nc2cc(S(=O)(=O)N(C)C)ccc2n1CC)C1CCCC1. The van der Waals surface area contributed by atoms with Gasteiger partial charge in [-0.15, -0.1) is 0 Å². The predicted octanol–water partition coefficient (Wildman–Crippen LogP) is 3.03. The molecule has 1 saturated carbocycles. The van der Waals surface area contributed by atoms with Crippen LogP contribution in [-0.4, -0.2) is 59.8 Å². The van der Waals surface area contributed by atoms with E-state index in [1.165, 1.54) is 31.2 Å². The average molecular weight is 421 g/mol. The second-order valence-corrected chi connectivity index (χ2v) is 9.98. The Labute approximate surface area is 173 Å². The predicted molar refractivity (Wildman–Crippen MR) is 114 cm³/mol. The molecule has 1 aromatic heterocycles. The van der Waals surface area contributed by atoms with Crippen LogP contribution >= 0.6 is 0 Å². The van der Waals surface area contributed by atoms with E-state index in [4.69, 9.17) is 0 Å². The van der Waals surface area contributed by atoms with Crippen LogP contribution in [0.25, 0.3) is 11.0 Å². The molecule has 0 bridgehead atoms. The van der Waals surface area contributed by atoms with Gasteiger partial charge < -0.3 is 9.47 Å². The van der Waals surface area contributed by atoms with Crippen LogP contribution in [0.15, 0.2) is 23.1 Å². The van der Waals surface area contributed by atoms with Crippen LogP contribution in [0, 0.1) is 0 Å². The zero-order chi connectivity index (χ0) is 21.2. The number of carbonyl (C=O) groups is 1. The van der Waals surface area contributed by atoms with E-state index in [-0.39, 0.29) is 10.8 Å². The Morgan fingerprint density at radius 2 is 1.90 bits per heavy atom. The lowest BCUT2D eigenvalue weighted by molar-refractivity contribution is -0.133. The van der Waals surface area contributed by atoms with Crippen molar-refractivity contribution in [2.45, 2.75) is 69.9 Å². The lowest BCUT2D eigenvalue weighted by Gasteiger charge is -2.27. The summed E-state index contributed by atoms with van der Waals surface area (Å²) in [7, 11) is -0.467. The Bertz CT molecular complexity index is 975. The minimum Gasteiger partial charge on any atom is -0.340 e. The van der Waals surface area contributed by atoms with Crippen LogP contribution in [0.4, 0.5) is 0 Å². The third-order valence-corrected chi connectivity index (χ3v) is 7.69. The van der Waals surface area contributed by atoms with Crippen molar-refractivity contribution < 1.29 is 13.2 Å². The quantitative estimate of drug-likeness (QED) is 0.658. The maximum Gasteiger partial charge on any atom is 0.242 e. The highest BCUT2D eigenvalue weighted by Crippen LogP contribution is 2.25. The van der Waals surface area contributed by atoms with Gasteiger partial charge in [0.1, 0.15) is 5.82 Å². The van der Waals surface area contributed by atoms with Gasteiger partial charge in [0.25, 0.3) is 0 Å². The molecule has 1 amide bonds. The molecule has 0 atom stereocenters. The summed E-state index contributed by atoms with van der Waals surface area (Å²) in [6, 6.07) is 5.44. The number of aryl methyl sites for hydroxylation is 2. The summed E-state index contributed by atoms with van der Waals surface area (Å²) in [5.41, 5.74) is 1.55. The lowest BCUT2D eigenvalue weighted by atomic mass is 10.1. The molecule has 1 fully saturated rings. The molecule has 8 heteroatoms. The largest absolute Gasteiger partial charge is 0.340 e. The topological polar surface area (TPSA) is 75.5 Å². The van der Waals surface area contributed by atoms with Gasteiger partial charge in [-0.2, -0.15) is 0 Å². The number of aromatic nitrogens is 2. The number of hydrogen-bond acceptors (Lipinski definition) is 4. The van der Waals surface area contributed by atoms with E-state index >= 15 is 0 Å². The fourth-order valence-corrected chi connectivity index (χ4v) is 5.21. The van der Waals surface area contributed by atoms with Gasteiger partial charge in [0.05, 0.1) is 15.9 Å². The minimum atomic E-state index is -3.51. The molecule has 29 heavy (non-hydrogen) atoms. The van der Waals surface area contributed by atoms with E-state index in [0.717, 1.165) is 37.3 Å². The van der Waals surface area contributed by atoms with Crippen LogP contribution in [0.3, 0.4) is 0 Å². The minimum absolute atomic E-state index is 0.185. The van der Waals surface area contributed by atoms with Crippen molar-refractivity contribution in [3.63, 3.8) is 0 Å². The molecule has 0 aliphatic heterocycles. The van der Waals surface area contributed by atoms with E-state index in [1.807, 2.05) is 24.8 Å². The molecule has 0 spiro atoms. The van der Waals surface area contributed by atoms with Crippen LogP contribution in [0.2, 0.25) is 0 Å².